The van der Waals surface area contributed by atoms with E-state index in [0.717, 1.165) is 17.5 Å². The van der Waals surface area contributed by atoms with Crippen molar-refractivity contribution in [3.05, 3.63) is 71.4 Å². The minimum atomic E-state index is -0.798. The number of aromatic nitrogens is 1. The van der Waals surface area contributed by atoms with Crippen molar-refractivity contribution in [3.63, 3.8) is 0 Å². The molecule has 0 radical (unpaired) electrons. The highest BCUT2D eigenvalue weighted by Gasteiger charge is 2.46. The summed E-state index contributed by atoms with van der Waals surface area (Å²) in [5.74, 6) is -0.0271. The summed E-state index contributed by atoms with van der Waals surface area (Å²) in [4.78, 5) is 30.6. The van der Waals surface area contributed by atoms with Crippen LogP contribution in [0.5, 0.6) is 0 Å². The number of amides is 2. The molecule has 3 aromatic rings. The first-order valence-corrected chi connectivity index (χ1v) is 10.2. The van der Waals surface area contributed by atoms with Crippen LogP contribution in [0, 0.1) is 6.92 Å². The average molecular weight is 389 g/mol. The van der Waals surface area contributed by atoms with Crippen LogP contribution >= 0.6 is 0 Å². The van der Waals surface area contributed by atoms with E-state index in [4.69, 9.17) is 0 Å². The highest BCUT2D eigenvalue weighted by molar-refractivity contribution is 5.94. The summed E-state index contributed by atoms with van der Waals surface area (Å²) >= 11 is 0. The molecule has 1 atom stereocenters. The number of likely N-dealkylation sites (tertiary alicyclic amines) is 1. The number of nitrogens with one attached hydrogen (secondary N) is 2. The molecule has 150 valence electrons. The maximum Gasteiger partial charge on any atom is 0.245 e. The Kier molecular flexibility index (Phi) is 5.14. The molecule has 0 spiro atoms. The molecule has 5 nitrogen and oxygen atoms in total. The molecule has 0 unspecified atom stereocenters. The SMILES string of the molecule is Cc1ccc(CNC(=O)[C@]2(C)CCC(=O)N2CCc2c[nH]c3ccccc23)cc1. The lowest BCUT2D eigenvalue weighted by atomic mass is 9.97. The van der Waals surface area contributed by atoms with E-state index in [2.05, 4.69) is 16.4 Å². The van der Waals surface area contributed by atoms with Crippen LogP contribution < -0.4 is 5.32 Å². The first-order chi connectivity index (χ1) is 14.0. The summed E-state index contributed by atoms with van der Waals surface area (Å²) in [5.41, 5.74) is 3.71. The molecule has 0 saturated carbocycles. The number of carbonyl (C=O) groups excluding carboxylic acids is 2. The molecule has 1 saturated heterocycles. The molecule has 1 aliphatic rings. The third-order valence-corrected chi connectivity index (χ3v) is 6.06. The summed E-state index contributed by atoms with van der Waals surface area (Å²) in [5, 5.41) is 4.21. The molecular weight excluding hydrogens is 362 g/mol. The van der Waals surface area contributed by atoms with Gasteiger partial charge in [-0.3, -0.25) is 9.59 Å². The quantitative estimate of drug-likeness (QED) is 0.675. The molecule has 4 rings (SSSR count). The van der Waals surface area contributed by atoms with Crippen molar-refractivity contribution in [1.29, 1.82) is 0 Å². The first kappa shape index (κ1) is 19.2. The van der Waals surface area contributed by atoms with Crippen LogP contribution in [0.4, 0.5) is 0 Å². The van der Waals surface area contributed by atoms with Gasteiger partial charge in [-0.25, -0.2) is 0 Å². The fourth-order valence-corrected chi connectivity index (χ4v) is 4.15. The zero-order chi connectivity index (χ0) is 20.4. The van der Waals surface area contributed by atoms with E-state index in [1.807, 2.05) is 62.5 Å². The molecule has 2 N–H and O–H groups in total. The number of aryl methyl sites for hydroxylation is 1. The Hall–Kier alpha value is -3.08. The van der Waals surface area contributed by atoms with Gasteiger partial charge >= 0.3 is 0 Å². The van der Waals surface area contributed by atoms with Crippen molar-refractivity contribution in [2.75, 3.05) is 6.54 Å². The number of rotatable bonds is 6. The summed E-state index contributed by atoms with van der Waals surface area (Å²) in [6, 6.07) is 16.3. The Balaban J connectivity index is 1.44. The molecule has 1 fully saturated rings. The van der Waals surface area contributed by atoms with Gasteiger partial charge in [0.25, 0.3) is 0 Å². The highest BCUT2D eigenvalue weighted by Crippen LogP contribution is 2.31. The van der Waals surface area contributed by atoms with Gasteiger partial charge < -0.3 is 15.2 Å². The number of hydrogen-bond acceptors (Lipinski definition) is 2. The van der Waals surface area contributed by atoms with Crippen molar-refractivity contribution in [2.45, 2.75) is 45.2 Å². The van der Waals surface area contributed by atoms with Gasteiger partial charge in [0.05, 0.1) is 0 Å². The van der Waals surface area contributed by atoms with E-state index in [1.165, 1.54) is 16.5 Å². The molecule has 0 aliphatic carbocycles. The zero-order valence-electron chi connectivity index (χ0n) is 17.0. The van der Waals surface area contributed by atoms with E-state index < -0.39 is 5.54 Å². The van der Waals surface area contributed by atoms with Gasteiger partial charge in [0.1, 0.15) is 5.54 Å². The van der Waals surface area contributed by atoms with Crippen LogP contribution in [-0.2, 0) is 22.6 Å². The summed E-state index contributed by atoms with van der Waals surface area (Å²) in [6.45, 7) is 4.94. The molecule has 2 heterocycles. The summed E-state index contributed by atoms with van der Waals surface area (Å²) < 4.78 is 0. The number of nitrogens with zero attached hydrogens (tertiary/aromatic N) is 1. The molecule has 1 aliphatic heterocycles. The second-order valence-corrected chi connectivity index (χ2v) is 8.10. The lowest BCUT2D eigenvalue weighted by Crippen LogP contribution is -2.54. The highest BCUT2D eigenvalue weighted by atomic mass is 16.2. The van der Waals surface area contributed by atoms with E-state index in [1.54, 1.807) is 4.90 Å². The smallest absolute Gasteiger partial charge is 0.245 e. The Labute approximate surface area is 171 Å². The second-order valence-electron chi connectivity index (χ2n) is 8.10. The van der Waals surface area contributed by atoms with Gasteiger partial charge in [-0.15, -0.1) is 0 Å². The lowest BCUT2D eigenvalue weighted by molar-refractivity contribution is -0.140. The van der Waals surface area contributed by atoms with Crippen LogP contribution in [0.1, 0.15) is 36.5 Å². The Morgan fingerprint density at radius 2 is 1.93 bits per heavy atom. The van der Waals surface area contributed by atoms with E-state index in [9.17, 15) is 9.59 Å². The van der Waals surface area contributed by atoms with Crippen molar-refractivity contribution in [1.82, 2.24) is 15.2 Å². The second kappa shape index (κ2) is 7.74. The number of H-pyrrole nitrogens is 1. The molecule has 2 amide bonds. The minimum Gasteiger partial charge on any atom is -0.361 e. The van der Waals surface area contributed by atoms with Gasteiger partial charge in [-0.1, -0.05) is 48.0 Å². The van der Waals surface area contributed by atoms with Crippen molar-refractivity contribution < 1.29 is 9.59 Å². The Morgan fingerprint density at radius 1 is 1.17 bits per heavy atom. The van der Waals surface area contributed by atoms with Gasteiger partial charge in [-0.05, 0) is 43.9 Å². The first-order valence-electron chi connectivity index (χ1n) is 10.2. The van der Waals surface area contributed by atoms with Crippen molar-refractivity contribution in [3.8, 4) is 0 Å². The van der Waals surface area contributed by atoms with Crippen molar-refractivity contribution >= 4 is 22.7 Å². The van der Waals surface area contributed by atoms with E-state index in [0.29, 0.717) is 25.9 Å². The lowest BCUT2D eigenvalue weighted by Gasteiger charge is -2.34. The van der Waals surface area contributed by atoms with Crippen LogP contribution in [0.25, 0.3) is 10.9 Å². The standard InChI is InChI=1S/C24H27N3O2/c1-17-7-9-18(10-8-17)15-26-23(29)24(2)13-11-22(28)27(24)14-12-19-16-25-21-6-4-3-5-20(19)21/h3-10,16,25H,11-15H2,1-2H3,(H,26,29)/t24-/m0/s1. The fraction of sp³-hybridized carbons (Fsp3) is 0.333. The molecule has 1 aromatic heterocycles. The van der Waals surface area contributed by atoms with Gasteiger partial charge in [0, 0.05) is 36.6 Å². The Morgan fingerprint density at radius 3 is 2.72 bits per heavy atom. The Bertz CT molecular complexity index is 1040. The van der Waals surface area contributed by atoms with Crippen LogP contribution in [0.2, 0.25) is 0 Å². The molecular formula is C24H27N3O2. The normalized spacial score (nSPS) is 19.1. The number of carbonyl (C=O) groups is 2. The van der Waals surface area contributed by atoms with Crippen LogP contribution in [0.15, 0.2) is 54.7 Å². The third-order valence-electron chi connectivity index (χ3n) is 6.06. The van der Waals surface area contributed by atoms with Gasteiger partial charge in [0.15, 0.2) is 0 Å². The maximum atomic E-state index is 13.0. The number of hydrogen-bond donors (Lipinski definition) is 2. The monoisotopic (exact) mass is 389 g/mol. The topological polar surface area (TPSA) is 65.2 Å². The predicted molar refractivity (Wildman–Crippen MR) is 114 cm³/mol. The van der Waals surface area contributed by atoms with Gasteiger partial charge in [0.2, 0.25) is 11.8 Å². The van der Waals surface area contributed by atoms with Crippen molar-refractivity contribution in [2.24, 2.45) is 0 Å². The van der Waals surface area contributed by atoms with Crippen LogP contribution in [0.3, 0.4) is 0 Å². The maximum absolute atomic E-state index is 13.0. The number of benzene rings is 2. The molecule has 29 heavy (non-hydrogen) atoms. The minimum absolute atomic E-state index is 0.0535. The fourth-order valence-electron chi connectivity index (χ4n) is 4.15. The molecule has 0 bridgehead atoms. The zero-order valence-corrected chi connectivity index (χ0v) is 17.0. The summed E-state index contributed by atoms with van der Waals surface area (Å²) in [7, 11) is 0. The molecule has 5 heteroatoms. The van der Waals surface area contributed by atoms with Crippen LogP contribution in [-0.4, -0.2) is 33.8 Å². The summed E-state index contributed by atoms with van der Waals surface area (Å²) in [6.07, 6.45) is 3.69. The van der Waals surface area contributed by atoms with E-state index >= 15 is 0 Å². The van der Waals surface area contributed by atoms with E-state index in [-0.39, 0.29) is 11.8 Å². The number of para-hydroxylation sites is 1. The largest absolute Gasteiger partial charge is 0.361 e. The number of fused-ring (bicyclic) bond motifs is 1. The van der Waals surface area contributed by atoms with Gasteiger partial charge in [-0.2, -0.15) is 0 Å². The number of aromatic amines is 1. The average Bonchev–Trinajstić information content (AvgIpc) is 3.27. The third kappa shape index (κ3) is 3.77. The molecule has 2 aromatic carbocycles. The predicted octanol–water partition coefficient (Wildman–Crippen LogP) is 3.72.